The Bertz CT molecular complexity index is 1060. The van der Waals surface area contributed by atoms with Gasteiger partial charge in [0.15, 0.2) is 0 Å². The van der Waals surface area contributed by atoms with Crippen LogP contribution in [0.4, 0.5) is 0 Å². The first kappa shape index (κ1) is 13.2. The summed E-state index contributed by atoms with van der Waals surface area (Å²) in [5.41, 5.74) is 2.25. The summed E-state index contributed by atoms with van der Waals surface area (Å²) in [5, 5.41) is 9.00. The molecule has 22 heavy (non-hydrogen) atoms. The van der Waals surface area contributed by atoms with Crippen LogP contribution in [0.5, 0.6) is 0 Å². The number of benzene rings is 2. The van der Waals surface area contributed by atoms with Gasteiger partial charge in [-0.1, -0.05) is 46.3 Å². The minimum Gasteiger partial charge on any atom is -0.267 e. The van der Waals surface area contributed by atoms with Crippen molar-refractivity contribution >= 4 is 37.6 Å². The van der Waals surface area contributed by atoms with Gasteiger partial charge in [-0.05, 0) is 18.2 Å². The molecule has 106 valence electrons. The zero-order chi connectivity index (χ0) is 15.1. The average Bonchev–Trinajstić information content (AvgIpc) is 2.55. The molecule has 0 aliphatic rings. The second kappa shape index (κ2) is 5.03. The highest BCUT2D eigenvalue weighted by atomic mass is 79.9. The number of hydrogen-bond acceptors (Lipinski definition) is 3. The number of pyridine rings is 1. The fraction of sp³-hybridized carbons (Fsp3) is 0. The van der Waals surface area contributed by atoms with Gasteiger partial charge in [-0.15, -0.1) is 0 Å². The van der Waals surface area contributed by atoms with E-state index in [2.05, 4.69) is 31.1 Å². The zero-order valence-corrected chi connectivity index (χ0v) is 13.0. The van der Waals surface area contributed by atoms with Crippen molar-refractivity contribution in [2.45, 2.75) is 0 Å². The van der Waals surface area contributed by atoms with E-state index in [9.17, 15) is 4.79 Å². The van der Waals surface area contributed by atoms with Crippen LogP contribution in [0.1, 0.15) is 0 Å². The van der Waals surface area contributed by atoms with Crippen molar-refractivity contribution in [2.75, 3.05) is 0 Å². The molecule has 0 amide bonds. The summed E-state index contributed by atoms with van der Waals surface area (Å²) in [5.74, 6) is 0. The number of rotatable bonds is 1. The maximum Gasteiger partial charge on any atom is 0.272 e. The number of fused-ring (bicyclic) bond motifs is 3. The summed E-state index contributed by atoms with van der Waals surface area (Å²) < 4.78 is 0.909. The molecule has 4 aromatic rings. The summed E-state index contributed by atoms with van der Waals surface area (Å²) in [7, 11) is 0. The first-order valence-corrected chi connectivity index (χ1v) is 7.55. The minimum absolute atomic E-state index is 0.208. The molecule has 0 radical (unpaired) electrons. The largest absolute Gasteiger partial charge is 0.272 e. The molecule has 0 aliphatic heterocycles. The van der Waals surface area contributed by atoms with Crippen molar-refractivity contribution in [1.29, 1.82) is 0 Å². The van der Waals surface area contributed by atoms with Gasteiger partial charge in [0.1, 0.15) is 5.69 Å². The van der Waals surface area contributed by atoms with Gasteiger partial charge in [0.05, 0.1) is 10.9 Å². The number of nitrogens with zero attached hydrogens (tertiary/aromatic N) is 2. The van der Waals surface area contributed by atoms with Crippen molar-refractivity contribution in [2.24, 2.45) is 0 Å². The molecule has 0 unspecified atom stereocenters. The van der Waals surface area contributed by atoms with E-state index >= 15 is 0 Å². The van der Waals surface area contributed by atoms with Crippen molar-refractivity contribution < 1.29 is 0 Å². The lowest BCUT2D eigenvalue weighted by Crippen LogP contribution is -2.10. The molecule has 0 bridgehead atoms. The molecule has 4 rings (SSSR count). The number of hydrogen-bond donors (Lipinski definition) is 1. The van der Waals surface area contributed by atoms with Crippen LogP contribution in [0.15, 0.2) is 64.0 Å². The molecule has 0 fully saturated rings. The van der Waals surface area contributed by atoms with Gasteiger partial charge < -0.3 is 0 Å². The van der Waals surface area contributed by atoms with Crippen molar-refractivity contribution in [1.82, 2.24) is 15.2 Å². The Labute approximate surface area is 134 Å². The lowest BCUT2D eigenvalue weighted by atomic mass is 10.0. The molecular weight excluding hydrogens is 342 g/mol. The van der Waals surface area contributed by atoms with Crippen LogP contribution < -0.4 is 5.56 Å². The molecule has 0 saturated carbocycles. The van der Waals surface area contributed by atoms with E-state index < -0.39 is 0 Å². The topological polar surface area (TPSA) is 58.6 Å². The summed E-state index contributed by atoms with van der Waals surface area (Å²) in [6.07, 6.45) is 1.72. The highest BCUT2D eigenvalue weighted by Crippen LogP contribution is 2.29. The molecular formula is C17H10BrN3O. The summed E-state index contributed by atoms with van der Waals surface area (Å²) in [6.45, 7) is 0. The van der Waals surface area contributed by atoms with E-state index in [0.717, 1.165) is 32.0 Å². The van der Waals surface area contributed by atoms with Gasteiger partial charge in [0.2, 0.25) is 0 Å². The molecule has 4 nitrogen and oxygen atoms in total. The van der Waals surface area contributed by atoms with Crippen LogP contribution in [0.3, 0.4) is 0 Å². The zero-order valence-electron chi connectivity index (χ0n) is 11.4. The molecule has 0 aliphatic carbocycles. The van der Waals surface area contributed by atoms with E-state index in [1.165, 1.54) is 0 Å². The summed E-state index contributed by atoms with van der Waals surface area (Å²) >= 11 is 3.45. The van der Waals surface area contributed by atoms with Crippen molar-refractivity contribution in [3.63, 3.8) is 0 Å². The Morgan fingerprint density at radius 2 is 1.82 bits per heavy atom. The van der Waals surface area contributed by atoms with Gasteiger partial charge in [-0.2, -0.15) is 5.10 Å². The molecule has 1 N–H and O–H groups in total. The lowest BCUT2D eigenvalue weighted by Gasteiger charge is -2.07. The Hall–Kier alpha value is -2.53. The number of halogens is 1. The lowest BCUT2D eigenvalue weighted by molar-refractivity contribution is 1.02. The van der Waals surface area contributed by atoms with Crippen molar-refractivity contribution in [3.8, 4) is 11.3 Å². The normalized spacial score (nSPS) is 11.1. The predicted octanol–water partition coefficient (Wildman–Crippen LogP) is 3.90. The fourth-order valence-corrected chi connectivity index (χ4v) is 2.99. The minimum atomic E-state index is -0.208. The van der Waals surface area contributed by atoms with E-state index in [1.54, 1.807) is 6.20 Å². The Kier molecular flexibility index (Phi) is 3.01. The van der Waals surface area contributed by atoms with Crippen molar-refractivity contribution in [3.05, 3.63) is 69.6 Å². The maximum atomic E-state index is 12.3. The van der Waals surface area contributed by atoms with Crippen LogP contribution in [0, 0.1) is 0 Å². The molecule has 2 aromatic carbocycles. The van der Waals surface area contributed by atoms with Crippen LogP contribution in [-0.2, 0) is 0 Å². The summed E-state index contributed by atoms with van der Waals surface area (Å²) in [4.78, 5) is 16.8. The second-order valence-corrected chi connectivity index (χ2v) is 5.89. The Morgan fingerprint density at radius 1 is 1.00 bits per heavy atom. The summed E-state index contributed by atoms with van der Waals surface area (Å²) in [6, 6.07) is 15.5. The van der Waals surface area contributed by atoms with Crippen LogP contribution >= 0.6 is 15.9 Å². The number of aromatic nitrogens is 3. The van der Waals surface area contributed by atoms with Crippen LogP contribution in [0.25, 0.3) is 32.9 Å². The molecule has 0 spiro atoms. The van der Waals surface area contributed by atoms with Crippen LogP contribution in [-0.4, -0.2) is 15.2 Å². The molecule has 2 aromatic heterocycles. The smallest absolute Gasteiger partial charge is 0.267 e. The monoisotopic (exact) mass is 351 g/mol. The number of H-pyrrole nitrogens is 1. The van der Waals surface area contributed by atoms with E-state index in [-0.39, 0.29) is 5.56 Å². The average molecular weight is 352 g/mol. The molecule has 0 atom stereocenters. The maximum absolute atomic E-state index is 12.3. The molecule has 0 saturated heterocycles. The van der Waals surface area contributed by atoms with Gasteiger partial charge >= 0.3 is 0 Å². The standard InChI is InChI=1S/C17H10BrN3O/c18-11-6-7-14-12(8-11)15-13(9-19-14)16(20-21-17(15)22)10-4-2-1-3-5-10/h1-9H,(H,21,22). The Balaban J connectivity index is 2.19. The predicted molar refractivity (Wildman–Crippen MR) is 90.8 cm³/mol. The highest BCUT2D eigenvalue weighted by molar-refractivity contribution is 9.10. The fourth-order valence-electron chi connectivity index (χ4n) is 2.63. The Morgan fingerprint density at radius 3 is 2.64 bits per heavy atom. The van der Waals surface area contributed by atoms with Gasteiger partial charge in [0, 0.05) is 27.0 Å². The third-order valence-corrected chi connectivity index (χ3v) is 4.12. The van der Waals surface area contributed by atoms with E-state index in [1.807, 2.05) is 48.5 Å². The van der Waals surface area contributed by atoms with Gasteiger partial charge in [-0.25, -0.2) is 5.10 Å². The molecule has 2 heterocycles. The SMILES string of the molecule is O=c1[nH]nc(-c2ccccc2)c2cnc3ccc(Br)cc3c12. The second-order valence-electron chi connectivity index (χ2n) is 4.98. The number of aromatic amines is 1. The van der Waals surface area contributed by atoms with Gasteiger partial charge in [0.25, 0.3) is 5.56 Å². The quantitative estimate of drug-likeness (QED) is 0.529. The van der Waals surface area contributed by atoms with E-state index in [4.69, 9.17) is 0 Å². The first-order valence-electron chi connectivity index (χ1n) is 6.76. The van der Waals surface area contributed by atoms with Crippen LogP contribution in [0.2, 0.25) is 0 Å². The number of nitrogens with one attached hydrogen (secondary N) is 1. The van der Waals surface area contributed by atoms with E-state index in [0.29, 0.717) is 5.39 Å². The molecule has 5 heteroatoms. The highest BCUT2D eigenvalue weighted by Gasteiger charge is 2.12. The third-order valence-electron chi connectivity index (χ3n) is 3.63. The first-order chi connectivity index (χ1) is 10.7. The van der Waals surface area contributed by atoms with Gasteiger partial charge in [-0.3, -0.25) is 9.78 Å². The third kappa shape index (κ3) is 2.02.